The first-order valence-electron chi connectivity index (χ1n) is 8.22. The highest BCUT2D eigenvalue weighted by molar-refractivity contribution is 5.98. The van der Waals surface area contributed by atoms with Crippen molar-refractivity contribution in [1.82, 2.24) is 9.88 Å². The van der Waals surface area contributed by atoms with E-state index < -0.39 is 5.97 Å². The number of carboxylic acid groups (broad SMARTS) is 1. The molecule has 0 radical (unpaired) electrons. The zero-order valence-electron chi connectivity index (χ0n) is 14.8. The van der Waals surface area contributed by atoms with Gasteiger partial charge in [0.05, 0.1) is 20.6 Å². The maximum atomic E-state index is 11.2. The average Bonchev–Trinajstić information content (AvgIpc) is 2.61. The number of carboxylic acids is 1. The highest BCUT2D eigenvalue weighted by atomic mass is 16.5. The standard InChI is InChI=1S/C18H23N3O4/c1-20-4-6-21(7-5-20)18-14-10-16(25-3)15(24-2)9-13(14)12(11-19-18)8-17(22)23/h9-11H,4-8H2,1-3H3,(H,22,23). The fourth-order valence-electron chi connectivity index (χ4n) is 3.18. The third-order valence-electron chi connectivity index (χ3n) is 4.60. The summed E-state index contributed by atoms with van der Waals surface area (Å²) >= 11 is 0. The summed E-state index contributed by atoms with van der Waals surface area (Å²) in [5.41, 5.74) is 0.668. The Hall–Kier alpha value is -2.54. The van der Waals surface area contributed by atoms with Crippen molar-refractivity contribution in [3.8, 4) is 11.5 Å². The molecule has 1 saturated heterocycles. The molecule has 3 rings (SSSR count). The Bertz CT molecular complexity index is 785. The van der Waals surface area contributed by atoms with Gasteiger partial charge in [-0.25, -0.2) is 4.98 Å². The summed E-state index contributed by atoms with van der Waals surface area (Å²) in [4.78, 5) is 20.3. The molecule has 25 heavy (non-hydrogen) atoms. The molecule has 1 aliphatic rings. The Kier molecular flexibility index (Phi) is 4.94. The van der Waals surface area contributed by atoms with E-state index >= 15 is 0 Å². The van der Waals surface area contributed by atoms with Crippen molar-refractivity contribution in [1.29, 1.82) is 0 Å². The van der Waals surface area contributed by atoms with Gasteiger partial charge in [-0.3, -0.25) is 4.79 Å². The van der Waals surface area contributed by atoms with Crippen LogP contribution in [0.4, 0.5) is 5.82 Å². The van der Waals surface area contributed by atoms with E-state index in [2.05, 4.69) is 21.8 Å². The van der Waals surface area contributed by atoms with E-state index in [1.54, 1.807) is 20.4 Å². The van der Waals surface area contributed by atoms with Crippen molar-refractivity contribution in [3.63, 3.8) is 0 Å². The number of ether oxygens (including phenoxy) is 2. The number of likely N-dealkylation sites (N-methyl/N-ethyl adjacent to an activating group) is 1. The number of hydrogen-bond acceptors (Lipinski definition) is 6. The molecule has 0 saturated carbocycles. The van der Waals surface area contributed by atoms with Gasteiger partial charge in [0.1, 0.15) is 5.82 Å². The lowest BCUT2D eigenvalue weighted by atomic mass is 10.0. The van der Waals surface area contributed by atoms with Crippen LogP contribution in [0.5, 0.6) is 11.5 Å². The predicted octanol–water partition coefficient (Wildman–Crippen LogP) is 1.63. The third-order valence-corrected chi connectivity index (χ3v) is 4.60. The molecule has 1 aromatic carbocycles. The minimum atomic E-state index is -0.884. The van der Waals surface area contributed by atoms with Crippen LogP contribution in [0.15, 0.2) is 18.3 Å². The number of pyridine rings is 1. The largest absolute Gasteiger partial charge is 0.493 e. The van der Waals surface area contributed by atoms with E-state index in [1.165, 1.54) is 0 Å². The van der Waals surface area contributed by atoms with E-state index in [0.29, 0.717) is 17.1 Å². The van der Waals surface area contributed by atoms with Gasteiger partial charge in [-0.2, -0.15) is 0 Å². The molecule has 0 spiro atoms. The molecule has 0 atom stereocenters. The molecule has 0 unspecified atom stereocenters. The number of benzene rings is 1. The number of fused-ring (bicyclic) bond motifs is 1. The lowest BCUT2D eigenvalue weighted by Crippen LogP contribution is -2.44. The first-order chi connectivity index (χ1) is 12.0. The van der Waals surface area contributed by atoms with Gasteiger partial charge in [-0.05, 0) is 30.1 Å². The predicted molar refractivity (Wildman–Crippen MR) is 95.9 cm³/mol. The summed E-state index contributed by atoms with van der Waals surface area (Å²) in [6, 6.07) is 3.73. The summed E-state index contributed by atoms with van der Waals surface area (Å²) in [6.45, 7) is 3.69. The number of hydrogen-bond donors (Lipinski definition) is 1. The van der Waals surface area contributed by atoms with Crippen LogP contribution in [0, 0.1) is 0 Å². The molecule has 1 N–H and O–H groups in total. The SMILES string of the molecule is COc1cc2c(CC(=O)O)cnc(N3CCN(C)CC3)c2cc1OC. The number of aromatic nitrogens is 1. The Morgan fingerprint density at radius 2 is 1.72 bits per heavy atom. The smallest absolute Gasteiger partial charge is 0.307 e. The minimum absolute atomic E-state index is 0.0813. The number of carbonyl (C=O) groups is 1. The molecule has 1 fully saturated rings. The highest BCUT2D eigenvalue weighted by Crippen LogP contribution is 2.37. The quantitative estimate of drug-likeness (QED) is 0.883. The van der Waals surface area contributed by atoms with Crippen molar-refractivity contribution in [2.75, 3.05) is 52.3 Å². The van der Waals surface area contributed by atoms with Gasteiger partial charge < -0.3 is 24.4 Å². The fourth-order valence-corrected chi connectivity index (χ4v) is 3.18. The number of rotatable bonds is 5. The number of aliphatic carboxylic acids is 1. The van der Waals surface area contributed by atoms with E-state index in [-0.39, 0.29) is 6.42 Å². The zero-order valence-corrected chi connectivity index (χ0v) is 14.8. The first-order valence-corrected chi connectivity index (χ1v) is 8.22. The average molecular weight is 345 g/mol. The zero-order chi connectivity index (χ0) is 18.0. The van der Waals surface area contributed by atoms with Gasteiger partial charge in [-0.1, -0.05) is 0 Å². The van der Waals surface area contributed by atoms with E-state index in [4.69, 9.17) is 9.47 Å². The number of methoxy groups -OCH3 is 2. The molecule has 1 aromatic heterocycles. The lowest BCUT2D eigenvalue weighted by Gasteiger charge is -2.34. The Labute approximate surface area is 146 Å². The molecule has 2 heterocycles. The highest BCUT2D eigenvalue weighted by Gasteiger charge is 2.21. The number of anilines is 1. The Morgan fingerprint density at radius 3 is 2.28 bits per heavy atom. The van der Waals surface area contributed by atoms with Crippen LogP contribution >= 0.6 is 0 Å². The van der Waals surface area contributed by atoms with E-state index in [0.717, 1.165) is 42.8 Å². The molecular formula is C18H23N3O4. The molecule has 2 aromatic rings. The molecule has 0 aliphatic carbocycles. The van der Waals surface area contributed by atoms with Crippen LogP contribution in [0.25, 0.3) is 10.8 Å². The van der Waals surface area contributed by atoms with Crippen LogP contribution in [0.1, 0.15) is 5.56 Å². The maximum Gasteiger partial charge on any atom is 0.307 e. The van der Waals surface area contributed by atoms with Crippen molar-refractivity contribution in [2.24, 2.45) is 0 Å². The van der Waals surface area contributed by atoms with Gasteiger partial charge in [0.2, 0.25) is 0 Å². The summed E-state index contributed by atoms with van der Waals surface area (Å²) in [6.07, 6.45) is 1.58. The van der Waals surface area contributed by atoms with Crippen LogP contribution in [0.3, 0.4) is 0 Å². The molecule has 0 amide bonds. The van der Waals surface area contributed by atoms with Gasteiger partial charge in [0.15, 0.2) is 11.5 Å². The second kappa shape index (κ2) is 7.14. The third kappa shape index (κ3) is 3.46. The maximum absolute atomic E-state index is 11.2. The Morgan fingerprint density at radius 1 is 1.12 bits per heavy atom. The summed E-state index contributed by atoms with van der Waals surface area (Å²) in [5.74, 6) is 1.17. The second-order valence-electron chi connectivity index (χ2n) is 6.22. The van der Waals surface area contributed by atoms with Gasteiger partial charge >= 0.3 is 5.97 Å². The van der Waals surface area contributed by atoms with E-state index in [9.17, 15) is 9.90 Å². The monoisotopic (exact) mass is 345 g/mol. The van der Waals surface area contributed by atoms with Crippen LogP contribution in [-0.2, 0) is 11.2 Å². The molecular weight excluding hydrogens is 322 g/mol. The van der Waals surface area contributed by atoms with Gasteiger partial charge in [0.25, 0.3) is 0 Å². The normalized spacial score (nSPS) is 15.4. The van der Waals surface area contributed by atoms with Crippen LogP contribution in [-0.4, -0.2) is 68.4 Å². The van der Waals surface area contributed by atoms with Crippen molar-refractivity contribution in [3.05, 3.63) is 23.9 Å². The second-order valence-corrected chi connectivity index (χ2v) is 6.22. The first kappa shape index (κ1) is 17.3. The number of nitrogens with zero attached hydrogens (tertiary/aromatic N) is 3. The summed E-state index contributed by atoms with van der Waals surface area (Å²) < 4.78 is 10.8. The van der Waals surface area contributed by atoms with Crippen molar-refractivity contribution in [2.45, 2.75) is 6.42 Å². The van der Waals surface area contributed by atoms with Gasteiger partial charge in [-0.15, -0.1) is 0 Å². The van der Waals surface area contributed by atoms with Crippen molar-refractivity contribution < 1.29 is 19.4 Å². The number of piperazine rings is 1. The van der Waals surface area contributed by atoms with Crippen LogP contribution < -0.4 is 14.4 Å². The molecule has 0 bridgehead atoms. The molecule has 7 nitrogen and oxygen atoms in total. The minimum Gasteiger partial charge on any atom is -0.493 e. The van der Waals surface area contributed by atoms with Crippen molar-refractivity contribution >= 4 is 22.6 Å². The Balaban J connectivity index is 2.15. The fraction of sp³-hybridized carbons (Fsp3) is 0.444. The topological polar surface area (TPSA) is 75.1 Å². The lowest BCUT2D eigenvalue weighted by molar-refractivity contribution is -0.136. The van der Waals surface area contributed by atoms with E-state index in [1.807, 2.05) is 12.1 Å². The summed E-state index contributed by atoms with van der Waals surface area (Å²) in [5, 5.41) is 10.9. The summed E-state index contributed by atoms with van der Waals surface area (Å²) in [7, 11) is 5.27. The molecule has 134 valence electrons. The molecule has 7 heteroatoms. The van der Waals surface area contributed by atoms with Crippen LogP contribution in [0.2, 0.25) is 0 Å². The van der Waals surface area contributed by atoms with Gasteiger partial charge in [0, 0.05) is 37.8 Å². The molecule has 1 aliphatic heterocycles.